The quantitative estimate of drug-likeness (QED) is 0.363. The first-order valence-corrected chi connectivity index (χ1v) is 8.12. The number of benzene rings is 1. The topological polar surface area (TPSA) is 105 Å². The third kappa shape index (κ3) is 3.02. The number of methoxy groups -OCH3 is 1. The maximum Gasteiger partial charge on any atom is 0.337 e. The van der Waals surface area contributed by atoms with E-state index in [0.717, 1.165) is 12.8 Å². The van der Waals surface area contributed by atoms with Crippen molar-refractivity contribution in [3.63, 3.8) is 0 Å². The lowest BCUT2D eigenvalue weighted by molar-refractivity contribution is -0.385. The molecule has 0 spiro atoms. The summed E-state index contributed by atoms with van der Waals surface area (Å²) in [6.07, 6.45) is 1.98. The zero-order chi connectivity index (χ0) is 18.3. The molecular formula is C16H17N3O5S. The van der Waals surface area contributed by atoms with Gasteiger partial charge in [0, 0.05) is 17.8 Å². The fraction of sp³-hybridized carbons (Fsp3) is 0.375. The Morgan fingerprint density at radius 3 is 2.72 bits per heavy atom. The molecule has 1 aliphatic carbocycles. The molecule has 0 aromatic heterocycles. The van der Waals surface area contributed by atoms with Gasteiger partial charge in [-0.15, -0.1) is 0 Å². The van der Waals surface area contributed by atoms with Crippen molar-refractivity contribution >= 4 is 29.0 Å². The Morgan fingerprint density at radius 1 is 1.48 bits per heavy atom. The van der Waals surface area contributed by atoms with E-state index in [0.29, 0.717) is 21.9 Å². The summed E-state index contributed by atoms with van der Waals surface area (Å²) in [4.78, 5) is 24.7. The number of nitrogens with zero attached hydrogens (tertiary/aromatic N) is 2. The van der Waals surface area contributed by atoms with Crippen molar-refractivity contribution in [1.29, 1.82) is 0 Å². The van der Waals surface area contributed by atoms with Crippen molar-refractivity contribution in [2.45, 2.75) is 31.8 Å². The van der Waals surface area contributed by atoms with Crippen LogP contribution in [0.4, 0.5) is 5.69 Å². The van der Waals surface area contributed by atoms with Crippen LogP contribution in [0, 0.1) is 10.1 Å². The zero-order valence-electron chi connectivity index (χ0n) is 13.7. The van der Waals surface area contributed by atoms with Gasteiger partial charge < -0.3 is 20.1 Å². The number of nitro groups is 1. The van der Waals surface area contributed by atoms with Crippen molar-refractivity contribution in [1.82, 2.24) is 10.2 Å². The molecule has 1 aliphatic heterocycles. The smallest absolute Gasteiger partial charge is 0.337 e. The highest BCUT2D eigenvalue weighted by molar-refractivity contribution is 7.80. The van der Waals surface area contributed by atoms with Crippen LogP contribution in [0.3, 0.4) is 0 Å². The molecule has 2 aliphatic rings. The van der Waals surface area contributed by atoms with Gasteiger partial charge in [0.25, 0.3) is 0 Å². The van der Waals surface area contributed by atoms with Gasteiger partial charge in [0.2, 0.25) is 0 Å². The van der Waals surface area contributed by atoms with Crippen LogP contribution in [0.2, 0.25) is 0 Å². The molecule has 1 unspecified atom stereocenters. The Labute approximate surface area is 149 Å². The van der Waals surface area contributed by atoms with Gasteiger partial charge in [0.1, 0.15) is 0 Å². The molecule has 0 radical (unpaired) electrons. The molecule has 1 saturated carbocycles. The fourth-order valence-corrected chi connectivity index (χ4v) is 3.42. The second kappa shape index (κ2) is 6.32. The van der Waals surface area contributed by atoms with E-state index >= 15 is 0 Å². The zero-order valence-corrected chi connectivity index (χ0v) is 14.5. The lowest BCUT2D eigenvalue weighted by atomic mass is 9.94. The minimum absolute atomic E-state index is 0.259. The van der Waals surface area contributed by atoms with Crippen LogP contribution in [-0.4, -0.2) is 39.2 Å². The summed E-state index contributed by atoms with van der Waals surface area (Å²) in [6, 6.07) is 3.56. The summed E-state index contributed by atoms with van der Waals surface area (Å²) in [5, 5.41) is 24.3. The van der Waals surface area contributed by atoms with Crippen LogP contribution in [0.5, 0.6) is 5.75 Å². The highest BCUT2D eigenvalue weighted by Crippen LogP contribution is 2.39. The van der Waals surface area contributed by atoms with E-state index in [2.05, 4.69) is 5.32 Å². The average Bonchev–Trinajstić information content (AvgIpc) is 3.38. The van der Waals surface area contributed by atoms with Crippen LogP contribution >= 0.6 is 12.2 Å². The number of nitrogens with one attached hydrogen (secondary N) is 1. The minimum Gasteiger partial charge on any atom is -0.502 e. The largest absolute Gasteiger partial charge is 0.502 e. The predicted octanol–water partition coefficient (Wildman–Crippen LogP) is 2.14. The molecule has 1 fully saturated rings. The maximum atomic E-state index is 12.4. The summed E-state index contributed by atoms with van der Waals surface area (Å²) in [6.45, 7) is 1.79. The number of nitro benzene ring substituents is 1. The van der Waals surface area contributed by atoms with Crippen molar-refractivity contribution < 1.29 is 19.6 Å². The first-order chi connectivity index (χ1) is 11.8. The standard InChI is InChI=1S/C16H17N3O5S/c1-8-13(15(21)24-2)14(17-16(25)18(8)10-4-5-10)9-3-6-12(20)11(7-9)19(22)23/h3,6-7,10,14,20H,4-5H2,1-2H3,(H,17,25). The molecule has 9 heteroatoms. The third-order valence-corrected chi connectivity index (χ3v) is 4.69. The Morgan fingerprint density at radius 2 is 2.16 bits per heavy atom. The molecule has 2 N–H and O–H groups in total. The van der Waals surface area contributed by atoms with E-state index < -0.39 is 28.4 Å². The number of carbonyl (C=O) groups excluding carboxylic acids is 1. The molecule has 1 aromatic rings. The Bertz CT molecular complexity index is 803. The van der Waals surface area contributed by atoms with E-state index in [9.17, 15) is 20.0 Å². The van der Waals surface area contributed by atoms with Gasteiger partial charge in [-0.1, -0.05) is 6.07 Å². The summed E-state index contributed by atoms with van der Waals surface area (Å²) >= 11 is 5.43. The van der Waals surface area contributed by atoms with Gasteiger partial charge in [-0.2, -0.15) is 0 Å². The van der Waals surface area contributed by atoms with Crippen molar-refractivity contribution in [3.05, 3.63) is 45.1 Å². The summed E-state index contributed by atoms with van der Waals surface area (Å²) in [5.74, 6) is -0.967. The van der Waals surface area contributed by atoms with Gasteiger partial charge in [-0.25, -0.2) is 4.79 Å². The molecule has 0 saturated heterocycles. The number of phenolic OH excluding ortho intramolecular Hbond substituents is 1. The molecular weight excluding hydrogens is 346 g/mol. The SMILES string of the molecule is COC(=O)C1=C(C)N(C2CC2)C(=S)NC1c1ccc(O)c([N+](=O)[O-])c1. The van der Waals surface area contributed by atoms with Gasteiger partial charge in [0.05, 0.1) is 23.6 Å². The first kappa shape index (κ1) is 17.2. The molecule has 3 rings (SSSR count). The molecule has 0 bridgehead atoms. The van der Waals surface area contributed by atoms with Crippen LogP contribution in [0.25, 0.3) is 0 Å². The lowest BCUT2D eigenvalue weighted by Gasteiger charge is -2.37. The van der Waals surface area contributed by atoms with E-state index in [1.807, 2.05) is 4.90 Å². The van der Waals surface area contributed by atoms with Crippen molar-refractivity contribution in [2.75, 3.05) is 7.11 Å². The second-order valence-corrected chi connectivity index (χ2v) is 6.37. The molecule has 25 heavy (non-hydrogen) atoms. The van der Waals surface area contributed by atoms with E-state index in [1.54, 1.807) is 6.92 Å². The number of hydrogen-bond donors (Lipinski definition) is 2. The average molecular weight is 363 g/mol. The maximum absolute atomic E-state index is 12.4. The first-order valence-electron chi connectivity index (χ1n) is 7.71. The number of aromatic hydroxyl groups is 1. The van der Waals surface area contributed by atoms with Crippen molar-refractivity contribution in [2.24, 2.45) is 0 Å². The number of carbonyl (C=O) groups is 1. The molecule has 1 aromatic carbocycles. The van der Waals surface area contributed by atoms with Crippen LogP contribution in [0.15, 0.2) is 29.5 Å². The van der Waals surface area contributed by atoms with Gasteiger partial charge in [-0.3, -0.25) is 10.1 Å². The number of thiocarbonyl (C=S) groups is 1. The highest BCUT2D eigenvalue weighted by atomic mass is 32.1. The fourth-order valence-electron chi connectivity index (χ4n) is 3.02. The number of esters is 1. The Balaban J connectivity index is 2.11. The lowest BCUT2D eigenvalue weighted by Crippen LogP contribution is -2.48. The van der Waals surface area contributed by atoms with Crippen molar-refractivity contribution in [3.8, 4) is 5.75 Å². The van der Waals surface area contributed by atoms with E-state index in [-0.39, 0.29) is 6.04 Å². The summed E-state index contributed by atoms with van der Waals surface area (Å²) < 4.78 is 4.91. The third-order valence-electron chi connectivity index (χ3n) is 4.37. The number of allylic oxidation sites excluding steroid dienone is 1. The highest BCUT2D eigenvalue weighted by Gasteiger charge is 2.41. The normalized spacial score (nSPS) is 20.3. The van der Waals surface area contributed by atoms with Gasteiger partial charge in [-0.05, 0) is 43.6 Å². The van der Waals surface area contributed by atoms with Gasteiger partial charge in [0.15, 0.2) is 10.9 Å². The number of rotatable bonds is 4. The molecule has 0 amide bonds. The van der Waals surface area contributed by atoms with Crippen LogP contribution in [0.1, 0.15) is 31.4 Å². The van der Waals surface area contributed by atoms with E-state index in [4.69, 9.17) is 17.0 Å². The molecule has 1 atom stereocenters. The monoisotopic (exact) mass is 363 g/mol. The van der Waals surface area contributed by atoms with Crippen LogP contribution in [-0.2, 0) is 9.53 Å². The molecule has 8 nitrogen and oxygen atoms in total. The Kier molecular flexibility index (Phi) is 4.34. The summed E-state index contributed by atoms with van der Waals surface area (Å²) in [7, 11) is 1.29. The number of phenols is 1. The van der Waals surface area contributed by atoms with Crippen LogP contribution < -0.4 is 5.32 Å². The molecule has 132 valence electrons. The van der Waals surface area contributed by atoms with Gasteiger partial charge >= 0.3 is 11.7 Å². The second-order valence-electron chi connectivity index (χ2n) is 5.98. The Hall–Kier alpha value is -2.68. The number of ether oxygens (including phenoxy) is 1. The van der Waals surface area contributed by atoms with E-state index in [1.165, 1.54) is 25.3 Å². The molecule has 1 heterocycles. The minimum atomic E-state index is -0.686. The number of hydrogen-bond acceptors (Lipinski definition) is 6. The predicted molar refractivity (Wildman–Crippen MR) is 92.8 cm³/mol. The summed E-state index contributed by atoms with van der Waals surface area (Å²) in [5.41, 5.74) is 1.04.